The lowest BCUT2D eigenvalue weighted by atomic mass is 10.1. The van der Waals surface area contributed by atoms with Gasteiger partial charge in [-0.25, -0.2) is 9.82 Å². The van der Waals surface area contributed by atoms with E-state index in [1.807, 2.05) is 61.5 Å². The summed E-state index contributed by atoms with van der Waals surface area (Å²) < 4.78 is 18.8. The molecular formula is C23H21FN2O2. The average Bonchev–Trinajstić information content (AvgIpc) is 2.74. The predicted molar refractivity (Wildman–Crippen MR) is 109 cm³/mol. The summed E-state index contributed by atoms with van der Waals surface area (Å²) >= 11 is 0. The van der Waals surface area contributed by atoms with Gasteiger partial charge in [-0.2, -0.15) is 5.10 Å². The second-order valence-corrected chi connectivity index (χ2v) is 6.10. The molecule has 3 rings (SSSR count). The van der Waals surface area contributed by atoms with Crippen LogP contribution >= 0.6 is 0 Å². The van der Waals surface area contributed by atoms with Gasteiger partial charge in [0, 0.05) is 5.56 Å². The number of hydrogen-bond donors (Lipinski definition) is 1. The quantitative estimate of drug-likeness (QED) is 0.476. The van der Waals surface area contributed by atoms with Gasteiger partial charge in [0.15, 0.2) is 6.61 Å². The summed E-state index contributed by atoms with van der Waals surface area (Å²) in [5.74, 6) is -0.0493. The molecule has 0 fully saturated rings. The van der Waals surface area contributed by atoms with Gasteiger partial charge in [-0.3, -0.25) is 4.79 Å². The van der Waals surface area contributed by atoms with E-state index in [0.717, 1.165) is 16.7 Å². The Bertz CT molecular complexity index is 954. The van der Waals surface area contributed by atoms with Crippen LogP contribution in [0.1, 0.15) is 18.9 Å². The van der Waals surface area contributed by atoms with Gasteiger partial charge in [-0.15, -0.1) is 0 Å². The predicted octanol–water partition coefficient (Wildman–Crippen LogP) is 4.80. The molecule has 0 aliphatic heterocycles. The van der Waals surface area contributed by atoms with E-state index in [2.05, 4.69) is 10.5 Å². The van der Waals surface area contributed by atoms with Crippen LogP contribution in [0.2, 0.25) is 0 Å². The minimum Gasteiger partial charge on any atom is -0.483 e. The number of amides is 1. The Kier molecular flexibility index (Phi) is 6.52. The zero-order valence-electron chi connectivity index (χ0n) is 15.6. The first-order chi connectivity index (χ1) is 13.7. The number of hydrogen-bond acceptors (Lipinski definition) is 3. The van der Waals surface area contributed by atoms with Gasteiger partial charge >= 0.3 is 0 Å². The molecule has 4 nitrogen and oxygen atoms in total. The van der Waals surface area contributed by atoms with E-state index in [4.69, 9.17) is 4.74 Å². The maximum Gasteiger partial charge on any atom is 0.277 e. The summed E-state index contributed by atoms with van der Waals surface area (Å²) in [7, 11) is 0. The molecule has 142 valence electrons. The van der Waals surface area contributed by atoms with Gasteiger partial charge < -0.3 is 4.74 Å². The van der Waals surface area contributed by atoms with Crippen LogP contribution in [0.15, 0.2) is 84.0 Å². The number of nitrogens with zero attached hydrogens (tertiary/aromatic N) is 1. The molecule has 5 heteroatoms. The van der Waals surface area contributed by atoms with Crippen LogP contribution in [0.25, 0.3) is 11.1 Å². The molecule has 0 radical (unpaired) electrons. The molecule has 0 unspecified atom stereocenters. The van der Waals surface area contributed by atoms with Crippen LogP contribution in [-0.4, -0.2) is 18.2 Å². The summed E-state index contributed by atoms with van der Waals surface area (Å²) in [6.07, 6.45) is 0.601. The Hall–Kier alpha value is -3.47. The van der Waals surface area contributed by atoms with Gasteiger partial charge in [0.2, 0.25) is 0 Å². The first-order valence-corrected chi connectivity index (χ1v) is 9.06. The molecular weight excluding hydrogens is 355 g/mol. The van der Waals surface area contributed by atoms with Crippen molar-refractivity contribution in [3.63, 3.8) is 0 Å². The number of ether oxygens (including phenoxy) is 1. The lowest BCUT2D eigenvalue weighted by molar-refractivity contribution is -0.123. The zero-order chi connectivity index (χ0) is 19.8. The van der Waals surface area contributed by atoms with Crippen LogP contribution in [0.4, 0.5) is 4.39 Å². The smallest absolute Gasteiger partial charge is 0.277 e. The van der Waals surface area contributed by atoms with Crippen LogP contribution in [-0.2, 0) is 4.79 Å². The number of benzene rings is 3. The normalized spacial score (nSPS) is 11.1. The average molecular weight is 376 g/mol. The Labute approximate surface area is 163 Å². The van der Waals surface area contributed by atoms with Crippen LogP contribution in [0.3, 0.4) is 0 Å². The number of carbonyl (C=O) groups excluding carboxylic acids is 1. The maximum atomic E-state index is 13.1. The minimum atomic E-state index is -0.365. The SMILES string of the molecule is CC/C(=N/NC(=O)COc1ccccc1-c1ccccc1)c1ccc(F)cc1. The summed E-state index contributed by atoms with van der Waals surface area (Å²) in [5, 5.41) is 4.15. The third-order valence-electron chi connectivity index (χ3n) is 4.16. The maximum absolute atomic E-state index is 13.1. The van der Waals surface area contributed by atoms with Crippen molar-refractivity contribution in [3.8, 4) is 16.9 Å². The van der Waals surface area contributed by atoms with E-state index >= 15 is 0 Å². The molecule has 3 aromatic carbocycles. The van der Waals surface area contributed by atoms with E-state index < -0.39 is 0 Å². The minimum absolute atomic E-state index is 0.159. The largest absolute Gasteiger partial charge is 0.483 e. The molecule has 0 saturated heterocycles. The molecule has 0 spiro atoms. The summed E-state index contributed by atoms with van der Waals surface area (Å²) in [4.78, 5) is 12.2. The lowest BCUT2D eigenvalue weighted by Gasteiger charge is -2.11. The number of carbonyl (C=O) groups is 1. The number of para-hydroxylation sites is 1. The molecule has 0 aliphatic carbocycles. The Balaban J connectivity index is 1.64. The third-order valence-corrected chi connectivity index (χ3v) is 4.16. The van der Waals surface area contributed by atoms with Crippen molar-refractivity contribution in [3.05, 3.63) is 90.2 Å². The van der Waals surface area contributed by atoms with Crippen molar-refractivity contribution in [2.75, 3.05) is 6.61 Å². The monoisotopic (exact) mass is 376 g/mol. The molecule has 0 aliphatic rings. The summed E-state index contributed by atoms with van der Waals surface area (Å²) in [6, 6.07) is 23.4. The fourth-order valence-electron chi connectivity index (χ4n) is 2.74. The van der Waals surface area contributed by atoms with Crippen LogP contribution in [0.5, 0.6) is 5.75 Å². The van der Waals surface area contributed by atoms with Gasteiger partial charge in [0.05, 0.1) is 5.71 Å². The van der Waals surface area contributed by atoms with Crippen molar-refractivity contribution in [2.45, 2.75) is 13.3 Å². The molecule has 28 heavy (non-hydrogen) atoms. The van der Waals surface area contributed by atoms with Gasteiger partial charge in [-0.1, -0.05) is 67.6 Å². The van der Waals surface area contributed by atoms with E-state index in [0.29, 0.717) is 17.9 Å². The standard InChI is InChI=1S/C23H21FN2O2/c1-2-21(18-12-14-19(24)15-13-18)25-26-23(27)16-28-22-11-7-6-10-20(22)17-8-4-3-5-9-17/h3-15H,2,16H2,1H3,(H,26,27)/b25-21-. The third kappa shape index (κ3) is 5.04. The molecule has 0 saturated carbocycles. The highest BCUT2D eigenvalue weighted by Gasteiger charge is 2.09. The Morgan fingerprint density at radius 2 is 1.64 bits per heavy atom. The Morgan fingerprint density at radius 1 is 0.964 bits per heavy atom. The van der Waals surface area contributed by atoms with Crippen molar-refractivity contribution < 1.29 is 13.9 Å². The first-order valence-electron chi connectivity index (χ1n) is 9.06. The molecule has 0 heterocycles. The van der Waals surface area contributed by atoms with Gasteiger partial charge in [0.25, 0.3) is 5.91 Å². The fourth-order valence-corrected chi connectivity index (χ4v) is 2.74. The van der Waals surface area contributed by atoms with E-state index in [-0.39, 0.29) is 18.3 Å². The lowest BCUT2D eigenvalue weighted by Crippen LogP contribution is -2.26. The zero-order valence-corrected chi connectivity index (χ0v) is 15.6. The van der Waals surface area contributed by atoms with Crippen molar-refractivity contribution in [2.24, 2.45) is 5.10 Å². The summed E-state index contributed by atoms with van der Waals surface area (Å²) in [6.45, 7) is 1.76. The Morgan fingerprint density at radius 3 is 2.36 bits per heavy atom. The fraction of sp³-hybridized carbons (Fsp3) is 0.130. The highest BCUT2D eigenvalue weighted by Crippen LogP contribution is 2.29. The molecule has 3 aromatic rings. The second-order valence-electron chi connectivity index (χ2n) is 6.10. The molecule has 1 amide bonds. The highest BCUT2D eigenvalue weighted by molar-refractivity contribution is 6.00. The van der Waals surface area contributed by atoms with Crippen molar-refractivity contribution in [1.82, 2.24) is 5.43 Å². The molecule has 0 atom stereocenters. The highest BCUT2D eigenvalue weighted by atomic mass is 19.1. The summed E-state index contributed by atoms with van der Waals surface area (Å²) in [5.41, 5.74) is 5.87. The molecule has 1 N–H and O–H groups in total. The number of hydrazone groups is 1. The van der Waals surface area contributed by atoms with Crippen molar-refractivity contribution in [1.29, 1.82) is 0 Å². The number of halogens is 1. The van der Waals surface area contributed by atoms with Crippen molar-refractivity contribution >= 4 is 11.6 Å². The second kappa shape index (κ2) is 9.46. The van der Waals surface area contributed by atoms with Crippen LogP contribution < -0.4 is 10.2 Å². The van der Waals surface area contributed by atoms with Gasteiger partial charge in [0.1, 0.15) is 11.6 Å². The van der Waals surface area contributed by atoms with E-state index in [9.17, 15) is 9.18 Å². The molecule has 0 bridgehead atoms. The first kappa shape index (κ1) is 19.3. The number of nitrogens with one attached hydrogen (secondary N) is 1. The molecule has 0 aromatic heterocycles. The number of rotatable bonds is 7. The van der Waals surface area contributed by atoms with Crippen LogP contribution in [0, 0.1) is 5.82 Å². The van der Waals surface area contributed by atoms with E-state index in [1.54, 1.807) is 12.1 Å². The van der Waals surface area contributed by atoms with E-state index in [1.165, 1.54) is 12.1 Å². The van der Waals surface area contributed by atoms with Gasteiger partial charge in [-0.05, 0) is 35.7 Å². The topological polar surface area (TPSA) is 50.7 Å².